The van der Waals surface area contributed by atoms with Gasteiger partial charge in [0.25, 0.3) is 5.91 Å². The smallest absolute Gasteiger partial charge is 0.421 e. The Bertz CT molecular complexity index is 1560. The number of nitrogens with one attached hydrogen (secondary N) is 2. The number of hydrogen-bond donors (Lipinski definition) is 3. The van der Waals surface area contributed by atoms with E-state index in [0.717, 1.165) is 18.2 Å². The van der Waals surface area contributed by atoms with E-state index < -0.39 is 46.7 Å². The zero-order valence-corrected chi connectivity index (χ0v) is 25.9. The van der Waals surface area contributed by atoms with Crippen molar-refractivity contribution in [3.8, 4) is 0 Å². The van der Waals surface area contributed by atoms with Gasteiger partial charge in [-0.25, -0.2) is 18.6 Å². The highest BCUT2D eigenvalue weighted by Crippen LogP contribution is 2.35. The molecule has 0 atom stereocenters. The first-order valence-electron chi connectivity index (χ1n) is 13.1. The molecule has 1 aliphatic rings. The molecule has 1 saturated heterocycles. The predicted octanol–water partition coefficient (Wildman–Crippen LogP) is 6.56. The van der Waals surface area contributed by atoms with Crippen LogP contribution in [0.4, 0.5) is 45.1 Å². The highest BCUT2D eigenvalue weighted by molar-refractivity contribution is 6.34. The van der Waals surface area contributed by atoms with Gasteiger partial charge in [0.2, 0.25) is 5.95 Å². The summed E-state index contributed by atoms with van der Waals surface area (Å²) in [6.45, 7) is 6.48. The molecule has 1 amide bonds. The minimum atomic E-state index is -4.64. The van der Waals surface area contributed by atoms with Crippen LogP contribution >= 0.6 is 23.2 Å². The second kappa shape index (κ2) is 14.4. The molecule has 17 heteroatoms. The van der Waals surface area contributed by atoms with Crippen LogP contribution in [0.1, 0.15) is 47.1 Å². The van der Waals surface area contributed by atoms with Gasteiger partial charge in [0.15, 0.2) is 0 Å². The van der Waals surface area contributed by atoms with E-state index in [1.165, 1.54) is 18.0 Å². The topological polar surface area (TPSA) is 132 Å². The van der Waals surface area contributed by atoms with E-state index in [1.54, 1.807) is 20.8 Å². The summed E-state index contributed by atoms with van der Waals surface area (Å²) in [5.41, 5.74) is 3.33. The molecule has 0 unspecified atom stereocenters. The number of hydrogen-bond acceptors (Lipinski definition) is 9. The molecule has 4 rings (SSSR count). The summed E-state index contributed by atoms with van der Waals surface area (Å²) >= 11 is 11.8. The summed E-state index contributed by atoms with van der Waals surface area (Å²) in [6.07, 6.45) is -4.04. The van der Waals surface area contributed by atoms with E-state index >= 15 is 0 Å². The molecule has 0 saturated carbocycles. The number of carbonyl (C=O) groups is 2. The Labute approximate surface area is 265 Å². The van der Waals surface area contributed by atoms with Gasteiger partial charge in [0.05, 0.1) is 45.8 Å². The number of esters is 1. The van der Waals surface area contributed by atoms with Crippen LogP contribution in [0.5, 0.6) is 0 Å². The maximum Gasteiger partial charge on any atom is 0.421 e. The summed E-state index contributed by atoms with van der Waals surface area (Å²) in [4.78, 5) is 32.8. The Morgan fingerprint density at radius 2 is 1.60 bits per heavy atom. The SMILES string of the molecule is CC(C)(C)OC(=O)c1cc(Cl)c(N)cc1F.CNc1nc(Nc2cc(F)c(C(=O)N3CCOCC3)cc2Cl)ncc1C(F)(F)F. The number of anilines is 4. The zero-order chi connectivity index (χ0) is 33.7. The lowest BCUT2D eigenvalue weighted by Gasteiger charge is -2.27. The summed E-state index contributed by atoms with van der Waals surface area (Å²) in [7, 11) is 1.28. The Balaban J connectivity index is 0.000000292. The third-order valence-electron chi connectivity index (χ3n) is 5.87. The van der Waals surface area contributed by atoms with E-state index in [0.29, 0.717) is 32.5 Å². The van der Waals surface area contributed by atoms with Gasteiger partial charge in [-0.3, -0.25) is 4.79 Å². The lowest BCUT2D eigenvalue weighted by Crippen LogP contribution is -2.41. The monoisotopic (exact) mass is 678 g/mol. The summed E-state index contributed by atoms with van der Waals surface area (Å²) in [6, 6.07) is 4.29. The molecule has 2 heterocycles. The van der Waals surface area contributed by atoms with Crippen molar-refractivity contribution in [1.82, 2.24) is 14.9 Å². The fourth-order valence-corrected chi connectivity index (χ4v) is 4.13. The van der Waals surface area contributed by atoms with Crippen LogP contribution < -0.4 is 16.4 Å². The van der Waals surface area contributed by atoms with Gasteiger partial charge in [-0.05, 0) is 45.0 Å². The number of nitrogen functional groups attached to an aromatic ring is 1. The van der Waals surface area contributed by atoms with Crippen LogP contribution in [-0.4, -0.2) is 65.7 Å². The molecule has 4 N–H and O–H groups in total. The lowest BCUT2D eigenvalue weighted by atomic mass is 10.1. The lowest BCUT2D eigenvalue weighted by molar-refractivity contribution is -0.137. The average molecular weight is 679 g/mol. The van der Waals surface area contributed by atoms with Crippen LogP contribution in [0, 0.1) is 11.6 Å². The Morgan fingerprint density at radius 1 is 1.00 bits per heavy atom. The molecule has 45 heavy (non-hydrogen) atoms. The predicted molar refractivity (Wildman–Crippen MR) is 159 cm³/mol. The molecule has 3 aromatic rings. The number of ether oxygens (including phenoxy) is 2. The second-order valence-electron chi connectivity index (χ2n) is 10.4. The summed E-state index contributed by atoms with van der Waals surface area (Å²) in [5.74, 6) is -3.54. The van der Waals surface area contributed by atoms with Crippen molar-refractivity contribution in [2.75, 3.05) is 49.7 Å². The third-order valence-corrected chi connectivity index (χ3v) is 6.51. The van der Waals surface area contributed by atoms with E-state index in [4.69, 9.17) is 38.4 Å². The first-order chi connectivity index (χ1) is 20.9. The largest absolute Gasteiger partial charge is 0.456 e. The molecule has 0 spiro atoms. The number of benzene rings is 2. The Kier molecular flexibility index (Phi) is 11.4. The van der Waals surface area contributed by atoms with E-state index in [2.05, 4.69) is 20.6 Å². The molecule has 1 aromatic heterocycles. The number of nitrogens with zero attached hydrogens (tertiary/aromatic N) is 3. The Morgan fingerprint density at radius 3 is 2.18 bits per heavy atom. The van der Waals surface area contributed by atoms with Gasteiger partial charge >= 0.3 is 12.1 Å². The van der Waals surface area contributed by atoms with Crippen LogP contribution in [-0.2, 0) is 15.7 Å². The average Bonchev–Trinajstić information content (AvgIpc) is 2.95. The first-order valence-corrected chi connectivity index (χ1v) is 13.9. The molecular formula is C28H29Cl2F5N6O4. The highest BCUT2D eigenvalue weighted by Gasteiger charge is 2.35. The number of morpholine rings is 1. The van der Waals surface area contributed by atoms with Gasteiger partial charge in [-0.1, -0.05) is 23.2 Å². The zero-order valence-electron chi connectivity index (χ0n) is 24.4. The molecule has 2 aromatic carbocycles. The van der Waals surface area contributed by atoms with E-state index in [-0.39, 0.29) is 38.5 Å². The van der Waals surface area contributed by atoms with Crippen LogP contribution in [0.25, 0.3) is 0 Å². The molecule has 0 radical (unpaired) electrons. The maximum atomic E-state index is 14.5. The highest BCUT2D eigenvalue weighted by atomic mass is 35.5. The van der Waals surface area contributed by atoms with Crippen molar-refractivity contribution in [3.63, 3.8) is 0 Å². The minimum absolute atomic E-state index is 0.00417. The standard InChI is InChI=1S/C17H16ClF4N5O2.C11H13ClFNO2/c1-23-14-10(17(20,21)22)8-24-16(26-14)25-13-7-12(19)9(6-11(13)18)15(28)27-2-4-29-5-3-27;1-11(2,3)16-10(15)6-4-7(12)9(14)5-8(6)13/h6-8H,2-5H2,1H3,(H2,23,24,25,26);4-5H,14H2,1-3H3. The van der Waals surface area contributed by atoms with E-state index in [1.807, 2.05) is 0 Å². The quantitative estimate of drug-likeness (QED) is 0.156. The number of amides is 1. The van der Waals surface area contributed by atoms with Gasteiger partial charge in [0.1, 0.15) is 28.6 Å². The first kappa shape index (κ1) is 35.5. The number of carbonyl (C=O) groups excluding carboxylic acids is 2. The van der Waals surface area contributed by atoms with Crippen LogP contribution in [0.3, 0.4) is 0 Å². The van der Waals surface area contributed by atoms with Crippen molar-refractivity contribution in [2.24, 2.45) is 0 Å². The number of aromatic nitrogens is 2. The van der Waals surface area contributed by atoms with Gasteiger partial charge < -0.3 is 30.7 Å². The molecule has 244 valence electrons. The van der Waals surface area contributed by atoms with Gasteiger partial charge in [0, 0.05) is 26.3 Å². The molecule has 0 aliphatic carbocycles. The number of nitrogens with two attached hydrogens (primary N) is 1. The Hall–Kier alpha value is -3.95. The van der Waals surface area contributed by atoms with Crippen molar-refractivity contribution < 1.29 is 41.0 Å². The van der Waals surface area contributed by atoms with E-state index in [9.17, 15) is 31.5 Å². The van der Waals surface area contributed by atoms with Crippen molar-refractivity contribution in [2.45, 2.75) is 32.5 Å². The summed E-state index contributed by atoms with van der Waals surface area (Å²) in [5, 5.41) is 5.01. The van der Waals surface area contributed by atoms with Crippen LogP contribution in [0.2, 0.25) is 10.0 Å². The van der Waals surface area contributed by atoms with Crippen LogP contribution in [0.15, 0.2) is 30.5 Å². The molecule has 1 fully saturated rings. The minimum Gasteiger partial charge on any atom is -0.456 e. The third kappa shape index (κ3) is 9.52. The van der Waals surface area contributed by atoms with Crippen molar-refractivity contribution in [3.05, 3.63) is 68.8 Å². The number of alkyl halides is 3. The molecule has 1 aliphatic heterocycles. The normalized spacial score (nSPS) is 13.4. The number of halogens is 7. The van der Waals surface area contributed by atoms with Gasteiger partial charge in [-0.15, -0.1) is 0 Å². The molecule has 0 bridgehead atoms. The fraction of sp³-hybridized carbons (Fsp3) is 0.357. The second-order valence-corrected chi connectivity index (χ2v) is 11.2. The van der Waals surface area contributed by atoms with Crippen molar-refractivity contribution >= 4 is 58.2 Å². The maximum absolute atomic E-state index is 14.5. The molecule has 10 nitrogen and oxygen atoms in total. The summed E-state index contributed by atoms with van der Waals surface area (Å²) < 4.78 is 76.9. The number of rotatable bonds is 5. The molecular weight excluding hydrogens is 650 g/mol. The fourth-order valence-electron chi connectivity index (χ4n) is 3.76. The van der Waals surface area contributed by atoms with Gasteiger partial charge in [-0.2, -0.15) is 18.2 Å². The van der Waals surface area contributed by atoms with Crippen molar-refractivity contribution in [1.29, 1.82) is 0 Å².